The average molecular weight is 278 g/mol. The largest absolute Gasteiger partial charge is 0.508 e. The first kappa shape index (κ1) is 14.8. The van der Waals surface area contributed by atoms with Gasteiger partial charge in [-0.25, -0.2) is 0 Å². The van der Waals surface area contributed by atoms with Gasteiger partial charge in [0.1, 0.15) is 5.75 Å². The monoisotopic (exact) mass is 278 g/mol. The first-order valence-electron chi connectivity index (χ1n) is 7.09. The molecule has 1 aromatic carbocycles. The third-order valence-corrected chi connectivity index (χ3v) is 3.62. The number of phenols is 1. The maximum atomic E-state index is 12.3. The maximum absolute atomic E-state index is 12.3. The van der Waals surface area contributed by atoms with Crippen LogP contribution in [0.3, 0.4) is 0 Å². The number of phenolic OH excluding ortho intramolecular Hbond substituents is 1. The van der Waals surface area contributed by atoms with E-state index in [4.69, 9.17) is 5.11 Å². The molecule has 0 saturated carbocycles. The average Bonchev–Trinajstić information content (AvgIpc) is 2.94. The third-order valence-electron chi connectivity index (χ3n) is 3.62. The number of hydrogen-bond acceptors (Lipinski definition) is 4. The van der Waals surface area contributed by atoms with Gasteiger partial charge < -0.3 is 20.4 Å². The van der Waals surface area contributed by atoms with Crippen LogP contribution in [0.5, 0.6) is 5.75 Å². The number of aliphatic hydroxyl groups excluding tert-OH is 1. The normalized spacial score (nSPS) is 18.1. The molecule has 1 fully saturated rings. The number of benzene rings is 1. The van der Waals surface area contributed by atoms with Crippen molar-refractivity contribution in [2.45, 2.75) is 25.3 Å². The molecule has 0 radical (unpaired) electrons. The summed E-state index contributed by atoms with van der Waals surface area (Å²) in [7, 11) is 0. The number of carbonyl (C=O) groups is 1. The molecule has 110 valence electrons. The zero-order valence-electron chi connectivity index (χ0n) is 11.6. The second-order valence-corrected chi connectivity index (χ2v) is 5.20. The Balaban J connectivity index is 1.93. The van der Waals surface area contributed by atoms with Crippen molar-refractivity contribution in [1.29, 1.82) is 0 Å². The number of rotatable bonds is 6. The van der Waals surface area contributed by atoms with Crippen molar-refractivity contribution >= 4 is 5.91 Å². The van der Waals surface area contributed by atoms with E-state index in [0.717, 1.165) is 24.9 Å². The van der Waals surface area contributed by atoms with E-state index in [-0.39, 0.29) is 18.3 Å². The van der Waals surface area contributed by atoms with E-state index < -0.39 is 0 Å². The third kappa shape index (κ3) is 4.21. The first-order valence-corrected chi connectivity index (χ1v) is 7.09. The zero-order chi connectivity index (χ0) is 14.4. The highest BCUT2D eigenvalue weighted by molar-refractivity contribution is 5.78. The van der Waals surface area contributed by atoms with E-state index in [0.29, 0.717) is 25.6 Å². The van der Waals surface area contributed by atoms with Gasteiger partial charge in [-0.2, -0.15) is 0 Å². The van der Waals surface area contributed by atoms with Crippen molar-refractivity contribution in [3.05, 3.63) is 29.8 Å². The molecule has 1 aliphatic heterocycles. The van der Waals surface area contributed by atoms with Crippen LogP contribution >= 0.6 is 0 Å². The Kier molecular flexibility index (Phi) is 5.38. The van der Waals surface area contributed by atoms with Crippen LogP contribution in [0.4, 0.5) is 0 Å². The summed E-state index contributed by atoms with van der Waals surface area (Å²) in [6.07, 6.45) is 2.52. The van der Waals surface area contributed by atoms with Crippen molar-refractivity contribution < 1.29 is 15.0 Å². The van der Waals surface area contributed by atoms with E-state index in [1.54, 1.807) is 29.2 Å². The van der Waals surface area contributed by atoms with Gasteiger partial charge in [0, 0.05) is 19.1 Å². The number of carbonyl (C=O) groups excluding carboxylic acids is 1. The highest BCUT2D eigenvalue weighted by Crippen LogP contribution is 2.12. The van der Waals surface area contributed by atoms with Gasteiger partial charge >= 0.3 is 0 Å². The van der Waals surface area contributed by atoms with Crippen molar-refractivity contribution in [3.8, 4) is 5.75 Å². The molecule has 1 aromatic rings. The molecule has 20 heavy (non-hydrogen) atoms. The fourth-order valence-electron chi connectivity index (χ4n) is 2.52. The molecular weight excluding hydrogens is 256 g/mol. The van der Waals surface area contributed by atoms with E-state index >= 15 is 0 Å². The molecule has 1 saturated heterocycles. The Morgan fingerprint density at radius 1 is 1.35 bits per heavy atom. The van der Waals surface area contributed by atoms with Gasteiger partial charge in [-0.15, -0.1) is 0 Å². The molecule has 2 rings (SSSR count). The molecule has 1 amide bonds. The van der Waals surface area contributed by atoms with Gasteiger partial charge in [0.2, 0.25) is 5.91 Å². The number of nitrogens with zero attached hydrogens (tertiary/aromatic N) is 1. The molecule has 0 aliphatic carbocycles. The second-order valence-electron chi connectivity index (χ2n) is 5.20. The summed E-state index contributed by atoms with van der Waals surface area (Å²) in [4.78, 5) is 14.0. The minimum absolute atomic E-state index is 0.0124. The molecular formula is C15H22N2O3. The lowest BCUT2D eigenvalue weighted by atomic mass is 10.1. The lowest BCUT2D eigenvalue weighted by Gasteiger charge is -2.25. The van der Waals surface area contributed by atoms with Crippen LogP contribution in [0, 0.1) is 0 Å². The summed E-state index contributed by atoms with van der Waals surface area (Å²) in [5.41, 5.74) is 0.870. The van der Waals surface area contributed by atoms with Gasteiger partial charge in [0.05, 0.1) is 13.0 Å². The fraction of sp³-hybridized carbons (Fsp3) is 0.533. The predicted molar refractivity (Wildman–Crippen MR) is 76.5 cm³/mol. The number of aliphatic hydroxyl groups is 1. The first-order chi connectivity index (χ1) is 9.69. The molecule has 1 unspecified atom stereocenters. The lowest BCUT2D eigenvalue weighted by Crippen LogP contribution is -2.43. The standard InChI is InChI=1S/C15H22N2O3/c18-9-8-17(11-13-2-1-7-16-13)15(20)10-12-3-5-14(19)6-4-12/h3-6,13,16,18-19H,1-2,7-11H2. The molecule has 0 bridgehead atoms. The van der Waals surface area contributed by atoms with Crippen LogP contribution in [0.15, 0.2) is 24.3 Å². The number of amides is 1. The van der Waals surface area contributed by atoms with Gasteiger partial charge in [-0.1, -0.05) is 12.1 Å². The minimum Gasteiger partial charge on any atom is -0.508 e. The van der Waals surface area contributed by atoms with Gasteiger partial charge in [-0.05, 0) is 37.1 Å². The van der Waals surface area contributed by atoms with Crippen molar-refractivity contribution in [2.24, 2.45) is 0 Å². The van der Waals surface area contributed by atoms with Gasteiger partial charge in [0.25, 0.3) is 0 Å². The SMILES string of the molecule is O=C(Cc1ccc(O)cc1)N(CCO)CC1CCCN1. The quantitative estimate of drug-likeness (QED) is 0.709. The Morgan fingerprint density at radius 2 is 2.10 bits per heavy atom. The molecule has 0 aromatic heterocycles. The summed E-state index contributed by atoms with van der Waals surface area (Å²) in [5.74, 6) is 0.210. The smallest absolute Gasteiger partial charge is 0.227 e. The van der Waals surface area contributed by atoms with Crippen LogP contribution in [-0.2, 0) is 11.2 Å². The Hall–Kier alpha value is -1.59. The molecule has 1 atom stereocenters. The van der Waals surface area contributed by atoms with Crippen LogP contribution in [0.1, 0.15) is 18.4 Å². The van der Waals surface area contributed by atoms with Crippen molar-refractivity contribution in [3.63, 3.8) is 0 Å². The summed E-state index contributed by atoms with van der Waals surface area (Å²) in [6, 6.07) is 7.00. The minimum atomic E-state index is -0.0198. The van der Waals surface area contributed by atoms with E-state index in [1.807, 2.05) is 0 Å². The van der Waals surface area contributed by atoms with Crippen LogP contribution in [0.25, 0.3) is 0 Å². The number of aromatic hydroxyl groups is 1. The fourth-order valence-corrected chi connectivity index (χ4v) is 2.52. The topological polar surface area (TPSA) is 72.8 Å². The Bertz CT molecular complexity index is 427. The van der Waals surface area contributed by atoms with Crippen molar-refractivity contribution in [1.82, 2.24) is 10.2 Å². The summed E-state index contributed by atoms with van der Waals surface area (Å²) < 4.78 is 0. The molecule has 0 spiro atoms. The Labute approximate surface area is 119 Å². The Morgan fingerprint density at radius 3 is 2.70 bits per heavy atom. The molecule has 1 heterocycles. The predicted octanol–water partition coefficient (Wildman–Crippen LogP) is 0.508. The van der Waals surface area contributed by atoms with E-state index in [2.05, 4.69) is 5.32 Å². The number of nitrogens with one attached hydrogen (secondary N) is 1. The molecule has 3 N–H and O–H groups in total. The van der Waals surface area contributed by atoms with Gasteiger partial charge in [0.15, 0.2) is 0 Å². The number of hydrogen-bond donors (Lipinski definition) is 3. The maximum Gasteiger partial charge on any atom is 0.227 e. The van der Waals surface area contributed by atoms with E-state index in [1.165, 1.54) is 0 Å². The van der Waals surface area contributed by atoms with Crippen molar-refractivity contribution in [2.75, 3.05) is 26.2 Å². The van der Waals surface area contributed by atoms with Crippen LogP contribution in [0.2, 0.25) is 0 Å². The van der Waals surface area contributed by atoms with E-state index in [9.17, 15) is 9.90 Å². The highest BCUT2D eigenvalue weighted by atomic mass is 16.3. The molecule has 5 heteroatoms. The molecule has 1 aliphatic rings. The zero-order valence-corrected chi connectivity index (χ0v) is 11.6. The second kappa shape index (κ2) is 7.26. The lowest BCUT2D eigenvalue weighted by molar-refractivity contribution is -0.131. The molecule has 5 nitrogen and oxygen atoms in total. The van der Waals surface area contributed by atoms with Gasteiger partial charge in [-0.3, -0.25) is 4.79 Å². The summed E-state index contributed by atoms with van der Waals surface area (Å²) in [6.45, 7) is 2.00. The summed E-state index contributed by atoms with van der Waals surface area (Å²) in [5, 5.41) is 21.7. The van der Waals surface area contributed by atoms with Crippen LogP contribution < -0.4 is 5.32 Å². The van der Waals surface area contributed by atoms with Crippen LogP contribution in [-0.4, -0.2) is 53.3 Å². The highest BCUT2D eigenvalue weighted by Gasteiger charge is 2.21. The summed E-state index contributed by atoms with van der Waals surface area (Å²) >= 11 is 0.